The SMILES string of the molecule is CC(NC(=O)c1cc2c(c(C(F)(F)F)c1)COB2O)C(NC(=O)c1cc2c(c(C(F)(F)F)c1)COB2O)C(=O)NCCC(=O)O. The van der Waals surface area contributed by atoms with Crippen molar-refractivity contribution in [2.75, 3.05) is 6.54 Å². The molecule has 2 aromatic rings. The number of carboxylic acid groups (broad SMARTS) is 1. The number of carbonyl (C=O) groups excluding carboxylic acids is 3. The first-order valence-corrected chi connectivity index (χ1v) is 13.1. The largest absolute Gasteiger partial charge is 0.491 e. The van der Waals surface area contributed by atoms with Gasteiger partial charge in [0, 0.05) is 17.7 Å². The van der Waals surface area contributed by atoms with Crippen LogP contribution in [0.1, 0.15) is 56.3 Å². The van der Waals surface area contributed by atoms with Gasteiger partial charge in [0.2, 0.25) is 5.91 Å². The number of carbonyl (C=O) groups is 4. The maximum absolute atomic E-state index is 13.7. The number of hydrogen-bond donors (Lipinski definition) is 6. The fraction of sp³-hybridized carbons (Fsp3) is 0.360. The Hall–Kier alpha value is -4.13. The minimum absolute atomic E-state index is 0.317. The van der Waals surface area contributed by atoms with Gasteiger partial charge in [0.25, 0.3) is 11.8 Å². The number of hydrogen-bond acceptors (Lipinski definition) is 8. The maximum atomic E-state index is 13.7. The summed E-state index contributed by atoms with van der Waals surface area (Å²) in [5.41, 5.74) is -5.25. The second kappa shape index (κ2) is 12.7. The predicted octanol–water partition coefficient (Wildman–Crippen LogP) is -0.333. The molecule has 0 saturated heterocycles. The van der Waals surface area contributed by atoms with E-state index in [4.69, 9.17) is 14.4 Å². The van der Waals surface area contributed by atoms with E-state index < -0.39 is 116 Å². The Bertz CT molecular complexity index is 1540. The average Bonchev–Trinajstić information content (AvgIpc) is 3.50. The van der Waals surface area contributed by atoms with Crippen molar-refractivity contribution in [3.05, 3.63) is 57.6 Å². The van der Waals surface area contributed by atoms with Crippen molar-refractivity contribution in [1.29, 1.82) is 0 Å². The Labute approximate surface area is 250 Å². The molecule has 12 nitrogen and oxygen atoms in total. The molecule has 240 valence electrons. The molecule has 2 heterocycles. The molecule has 4 rings (SSSR count). The Morgan fingerprint density at radius 3 is 1.69 bits per heavy atom. The van der Waals surface area contributed by atoms with Gasteiger partial charge in [-0.05, 0) is 53.2 Å². The Morgan fingerprint density at radius 1 is 0.822 bits per heavy atom. The summed E-state index contributed by atoms with van der Waals surface area (Å²) in [7, 11) is -3.53. The fourth-order valence-electron chi connectivity index (χ4n) is 4.84. The molecule has 2 aromatic carbocycles. The van der Waals surface area contributed by atoms with Gasteiger partial charge in [-0.25, -0.2) is 0 Å². The van der Waals surface area contributed by atoms with Crippen LogP contribution in [0.3, 0.4) is 0 Å². The quantitative estimate of drug-likeness (QED) is 0.157. The molecule has 45 heavy (non-hydrogen) atoms. The molecule has 0 bridgehead atoms. The number of amides is 3. The monoisotopic (exact) mass is 645 g/mol. The van der Waals surface area contributed by atoms with Gasteiger partial charge in [0.15, 0.2) is 0 Å². The smallest absolute Gasteiger partial charge is 0.481 e. The zero-order valence-electron chi connectivity index (χ0n) is 23.0. The van der Waals surface area contributed by atoms with Crippen molar-refractivity contribution in [2.45, 2.75) is 51.0 Å². The number of alkyl halides is 6. The van der Waals surface area contributed by atoms with Crippen LogP contribution in [0, 0.1) is 0 Å². The molecule has 0 saturated carbocycles. The van der Waals surface area contributed by atoms with Gasteiger partial charge in [-0.2, -0.15) is 26.3 Å². The standard InChI is InChI=1S/C25H23B2F6N3O9/c1-10(35-21(39)11-4-15(24(28,29)30)13-8-44-26(42)17(13)6-11)20(23(41)34-3-2-19(37)38)36-22(40)12-5-16(25(31,32)33)14-9-45-27(43)18(14)7-12/h4-7,10,20,42-43H,2-3,8-9H2,1H3,(H,34,41)(H,35,39)(H,36,40)(H,37,38). The number of rotatable bonds is 9. The van der Waals surface area contributed by atoms with Gasteiger partial charge >= 0.3 is 32.6 Å². The molecule has 2 aliphatic heterocycles. The second-order valence-electron chi connectivity index (χ2n) is 10.2. The highest BCUT2D eigenvalue weighted by Crippen LogP contribution is 2.35. The molecule has 0 aromatic heterocycles. The van der Waals surface area contributed by atoms with Gasteiger partial charge in [0.05, 0.1) is 36.8 Å². The number of fused-ring (bicyclic) bond motifs is 2. The number of benzene rings is 2. The number of aliphatic carboxylic acids is 1. The molecular weight excluding hydrogens is 622 g/mol. The highest BCUT2D eigenvalue weighted by atomic mass is 19.4. The van der Waals surface area contributed by atoms with Crippen LogP contribution >= 0.6 is 0 Å². The van der Waals surface area contributed by atoms with Crippen LogP contribution < -0.4 is 26.9 Å². The van der Waals surface area contributed by atoms with E-state index in [1.165, 1.54) is 0 Å². The third-order valence-corrected chi connectivity index (χ3v) is 7.07. The topological polar surface area (TPSA) is 184 Å². The molecule has 2 atom stereocenters. The summed E-state index contributed by atoms with van der Waals surface area (Å²) in [6, 6.07) is -0.434. The van der Waals surface area contributed by atoms with Crippen molar-refractivity contribution in [2.24, 2.45) is 0 Å². The lowest BCUT2D eigenvalue weighted by molar-refractivity contribution is -0.139. The van der Waals surface area contributed by atoms with E-state index in [-0.39, 0.29) is 16.5 Å². The van der Waals surface area contributed by atoms with Gasteiger partial charge in [-0.3, -0.25) is 19.2 Å². The lowest BCUT2D eigenvalue weighted by Crippen LogP contribution is -2.57. The summed E-state index contributed by atoms with van der Waals surface area (Å²) in [5, 5.41) is 35.3. The second-order valence-corrected chi connectivity index (χ2v) is 10.2. The van der Waals surface area contributed by atoms with E-state index in [9.17, 15) is 55.6 Å². The van der Waals surface area contributed by atoms with Crippen LogP contribution in [-0.4, -0.2) is 71.7 Å². The lowest BCUT2D eigenvalue weighted by Gasteiger charge is -2.26. The van der Waals surface area contributed by atoms with E-state index in [0.29, 0.717) is 12.1 Å². The first-order valence-electron chi connectivity index (χ1n) is 13.1. The van der Waals surface area contributed by atoms with Crippen molar-refractivity contribution in [3.63, 3.8) is 0 Å². The van der Waals surface area contributed by atoms with Crippen LogP contribution in [0.5, 0.6) is 0 Å². The molecule has 6 N–H and O–H groups in total. The normalized spacial score (nSPS) is 15.7. The van der Waals surface area contributed by atoms with Crippen LogP contribution in [0.15, 0.2) is 24.3 Å². The highest BCUT2D eigenvalue weighted by Gasteiger charge is 2.42. The van der Waals surface area contributed by atoms with Crippen molar-refractivity contribution in [3.8, 4) is 0 Å². The number of carboxylic acids is 1. The lowest BCUT2D eigenvalue weighted by atomic mass is 9.77. The minimum Gasteiger partial charge on any atom is -0.481 e. The summed E-state index contributed by atoms with van der Waals surface area (Å²) >= 11 is 0. The molecule has 2 aliphatic rings. The Balaban J connectivity index is 1.63. The molecule has 0 spiro atoms. The molecule has 2 unspecified atom stereocenters. The summed E-state index contributed by atoms with van der Waals surface area (Å²) in [5.74, 6) is -4.87. The first-order chi connectivity index (χ1) is 20.9. The zero-order chi connectivity index (χ0) is 33.4. The first kappa shape index (κ1) is 33.8. The van der Waals surface area contributed by atoms with E-state index in [1.54, 1.807) is 0 Å². The van der Waals surface area contributed by atoms with Crippen LogP contribution in [-0.2, 0) is 44.5 Å². The Morgan fingerprint density at radius 2 is 1.27 bits per heavy atom. The summed E-state index contributed by atoms with van der Waals surface area (Å²) in [6.07, 6.45) is -10.5. The third kappa shape index (κ3) is 7.41. The van der Waals surface area contributed by atoms with Crippen LogP contribution in [0.25, 0.3) is 0 Å². The van der Waals surface area contributed by atoms with Gasteiger partial charge < -0.3 is 40.4 Å². The van der Waals surface area contributed by atoms with Crippen molar-refractivity contribution >= 4 is 48.9 Å². The maximum Gasteiger partial charge on any atom is 0.491 e. The molecule has 0 fully saturated rings. The highest BCUT2D eigenvalue weighted by molar-refractivity contribution is 6.62. The Kier molecular flexibility index (Phi) is 9.53. The summed E-state index contributed by atoms with van der Waals surface area (Å²) < 4.78 is 91.9. The fourth-order valence-corrected chi connectivity index (χ4v) is 4.84. The molecule has 3 amide bonds. The van der Waals surface area contributed by atoms with Crippen molar-refractivity contribution in [1.82, 2.24) is 16.0 Å². The zero-order valence-corrected chi connectivity index (χ0v) is 23.0. The van der Waals surface area contributed by atoms with Crippen LogP contribution in [0.4, 0.5) is 26.3 Å². The van der Waals surface area contributed by atoms with Gasteiger partial charge in [-0.1, -0.05) is 0 Å². The summed E-state index contributed by atoms with van der Waals surface area (Å²) in [4.78, 5) is 50.1. The third-order valence-electron chi connectivity index (χ3n) is 7.07. The number of halogens is 6. The minimum atomic E-state index is -4.97. The molecular formula is C25H23B2F6N3O9. The van der Waals surface area contributed by atoms with Gasteiger partial charge in [0.1, 0.15) is 6.04 Å². The predicted molar refractivity (Wildman–Crippen MR) is 141 cm³/mol. The van der Waals surface area contributed by atoms with Crippen LogP contribution in [0.2, 0.25) is 0 Å². The molecule has 20 heteroatoms. The van der Waals surface area contributed by atoms with Gasteiger partial charge in [-0.15, -0.1) is 0 Å². The van der Waals surface area contributed by atoms with Crippen molar-refractivity contribution < 1.29 is 70.0 Å². The number of nitrogens with one attached hydrogen (secondary N) is 3. The molecule has 0 radical (unpaired) electrons. The van der Waals surface area contributed by atoms with E-state index in [1.807, 2.05) is 0 Å². The van der Waals surface area contributed by atoms with E-state index in [0.717, 1.165) is 19.1 Å². The molecule has 0 aliphatic carbocycles. The van der Waals surface area contributed by atoms with E-state index in [2.05, 4.69) is 16.0 Å². The van der Waals surface area contributed by atoms with E-state index >= 15 is 0 Å². The summed E-state index contributed by atoms with van der Waals surface area (Å²) in [6.45, 7) is -0.473. The average molecular weight is 645 g/mol.